The predicted molar refractivity (Wildman–Crippen MR) is 52.7 cm³/mol. The topological polar surface area (TPSA) is 72.2 Å². The van der Waals surface area contributed by atoms with Gasteiger partial charge >= 0.3 is 0 Å². The Morgan fingerprint density at radius 3 is 2.14 bits per heavy atom. The lowest BCUT2D eigenvalue weighted by molar-refractivity contribution is 0.448. The summed E-state index contributed by atoms with van der Waals surface area (Å²) >= 11 is 0. The Kier molecular flexibility index (Phi) is 2.69. The Balaban J connectivity index is 3.33. The van der Waals surface area contributed by atoms with Crippen LogP contribution in [0.25, 0.3) is 0 Å². The first kappa shape index (κ1) is 11.2. The van der Waals surface area contributed by atoms with Gasteiger partial charge in [-0.1, -0.05) is 0 Å². The highest BCUT2D eigenvalue weighted by Gasteiger charge is 2.23. The second-order valence-corrected chi connectivity index (χ2v) is 5.03. The Morgan fingerprint density at radius 2 is 1.86 bits per heavy atom. The van der Waals surface area contributed by atoms with E-state index in [1.165, 1.54) is 11.5 Å². The molecular formula is C8H14N2O3S. The summed E-state index contributed by atoms with van der Waals surface area (Å²) in [6, 6.07) is 0. The number of imidazole rings is 1. The third kappa shape index (κ3) is 1.80. The largest absolute Gasteiger partial charge is 0.313 e. The van der Waals surface area contributed by atoms with E-state index in [-0.39, 0.29) is 0 Å². The van der Waals surface area contributed by atoms with Gasteiger partial charge in [0.05, 0.1) is 5.69 Å². The van der Waals surface area contributed by atoms with Crippen molar-refractivity contribution in [1.82, 2.24) is 9.55 Å². The molecule has 1 rings (SSSR count). The number of hydrogen-bond acceptors (Lipinski definition) is 3. The zero-order chi connectivity index (χ0) is 11.1. The van der Waals surface area contributed by atoms with Crippen LogP contribution in [-0.4, -0.2) is 22.5 Å². The molecule has 1 unspecified atom stereocenters. The minimum atomic E-state index is -4.06. The van der Waals surface area contributed by atoms with Crippen molar-refractivity contribution in [3.63, 3.8) is 0 Å². The van der Waals surface area contributed by atoms with Gasteiger partial charge < -0.3 is 4.57 Å². The average molecular weight is 218 g/mol. The van der Waals surface area contributed by atoms with E-state index in [1.807, 2.05) is 0 Å². The monoisotopic (exact) mass is 218 g/mol. The van der Waals surface area contributed by atoms with Crippen molar-refractivity contribution in [2.75, 3.05) is 0 Å². The maximum atomic E-state index is 11.0. The van der Waals surface area contributed by atoms with Crippen molar-refractivity contribution < 1.29 is 13.0 Å². The first-order chi connectivity index (χ1) is 6.25. The summed E-state index contributed by atoms with van der Waals surface area (Å²) < 4.78 is 32.3. The van der Waals surface area contributed by atoms with E-state index in [9.17, 15) is 8.42 Å². The fourth-order valence-electron chi connectivity index (χ4n) is 1.46. The van der Waals surface area contributed by atoms with Crippen molar-refractivity contribution in [3.05, 3.63) is 17.2 Å². The number of nitrogens with zero attached hydrogens (tertiary/aromatic N) is 2. The SMILES string of the molecule is Cc1nc(C)n(C(C)S(=O)(=O)O)c1C. The van der Waals surface area contributed by atoms with Crippen molar-refractivity contribution in [2.24, 2.45) is 0 Å². The van der Waals surface area contributed by atoms with E-state index >= 15 is 0 Å². The fraction of sp³-hybridized carbons (Fsp3) is 0.625. The molecule has 0 spiro atoms. The zero-order valence-corrected chi connectivity index (χ0v) is 9.46. The van der Waals surface area contributed by atoms with Crippen LogP contribution < -0.4 is 0 Å². The Bertz CT molecular complexity index is 447. The van der Waals surface area contributed by atoms with E-state index in [4.69, 9.17) is 4.55 Å². The second kappa shape index (κ2) is 3.36. The van der Waals surface area contributed by atoms with Gasteiger partial charge in [0.2, 0.25) is 0 Å². The smallest absolute Gasteiger partial charge is 0.286 e. The Labute approximate surface area is 83.5 Å². The summed E-state index contributed by atoms with van der Waals surface area (Å²) in [5.41, 5.74) is 1.53. The Hall–Kier alpha value is -0.880. The van der Waals surface area contributed by atoms with Gasteiger partial charge in [0, 0.05) is 5.69 Å². The molecule has 0 amide bonds. The summed E-state index contributed by atoms with van der Waals surface area (Å²) in [6.07, 6.45) is 0. The highest BCUT2D eigenvalue weighted by molar-refractivity contribution is 7.85. The molecule has 0 aliphatic carbocycles. The van der Waals surface area contributed by atoms with Crippen LogP contribution >= 0.6 is 0 Å². The van der Waals surface area contributed by atoms with Crippen LogP contribution in [0.1, 0.15) is 29.5 Å². The molecule has 0 aliphatic heterocycles. The number of rotatable bonds is 2. The molecule has 0 aromatic carbocycles. The molecule has 0 saturated carbocycles. The highest BCUT2D eigenvalue weighted by atomic mass is 32.2. The van der Waals surface area contributed by atoms with Crippen molar-refractivity contribution in [1.29, 1.82) is 0 Å². The summed E-state index contributed by atoms with van der Waals surface area (Å²) in [5.74, 6) is 0.588. The van der Waals surface area contributed by atoms with Crippen LogP contribution in [-0.2, 0) is 10.1 Å². The number of hydrogen-bond donors (Lipinski definition) is 1. The molecule has 0 fully saturated rings. The average Bonchev–Trinajstić information content (AvgIpc) is 2.24. The van der Waals surface area contributed by atoms with E-state index in [2.05, 4.69) is 4.98 Å². The van der Waals surface area contributed by atoms with Crippen LogP contribution in [0.4, 0.5) is 0 Å². The third-order valence-electron chi connectivity index (χ3n) is 2.36. The number of aryl methyl sites for hydroxylation is 2. The summed E-state index contributed by atoms with van der Waals surface area (Å²) in [6.45, 7) is 6.71. The van der Waals surface area contributed by atoms with Gasteiger partial charge in [0.25, 0.3) is 10.1 Å². The third-order valence-corrected chi connectivity index (χ3v) is 3.43. The molecule has 1 N–H and O–H groups in total. The lowest BCUT2D eigenvalue weighted by atomic mass is 10.4. The number of aromatic nitrogens is 2. The molecule has 80 valence electrons. The van der Waals surface area contributed by atoms with Crippen molar-refractivity contribution in [2.45, 2.75) is 33.1 Å². The quantitative estimate of drug-likeness (QED) is 0.757. The lowest BCUT2D eigenvalue weighted by Gasteiger charge is -2.13. The van der Waals surface area contributed by atoms with Gasteiger partial charge in [0.15, 0.2) is 5.37 Å². The standard InChI is InChI=1S/C8H14N2O3S/c1-5-6(2)10(7(3)9-5)8(4)14(11,12)13/h8H,1-4H3,(H,11,12,13). The van der Waals surface area contributed by atoms with Gasteiger partial charge in [0.1, 0.15) is 5.82 Å². The van der Waals surface area contributed by atoms with Gasteiger partial charge in [-0.15, -0.1) is 0 Å². The van der Waals surface area contributed by atoms with E-state index in [0.29, 0.717) is 5.82 Å². The molecule has 0 aliphatic rings. The maximum absolute atomic E-state index is 11.0. The molecule has 1 aromatic heterocycles. The molecule has 0 saturated heterocycles. The first-order valence-electron chi connectivity index (χ1n) is 4.23. The van der Waals surface area contributed by atoms with Crippen LogP contribution in [0.2, 0.25) is 0 Å². The maximum Gasteiger partial charge on any atom is 0.286 e. The molecule has 1 aromatic rings. The molecule has 6 heteroatoms. The summed E-state index contributed by atoms with van der Waals surface area (Å²) in [5, 5.41) is -0.983. The molecule has 1 heterocycles. The highest BCUT2D eigenvalue weighted by Crippen LogP contribution is 2.20. The molecular weight excluding hydrogens is 204 g/mol. The van der Waals surface area contributed by atoms with E-state index in [0.717, 1.165) is 11.4 Å². The fourth-order valence-corrected chi connectivity index (χ4v) is 2.04. The van der Waals surface area contributed by atoms with Crippen LogP contribution in [0, 0.1) is 20.8 Å². The Morgan fingerprint density at radius 1 is 1.36 bits per heavy atom. The zero-order valence-electron chi connectivity index (χ0n) is 8.64. The van der Waals surface area contributed by atoms with Gasteiger partial charge in [-0.05, 0) is 27.7 Å². The predicted octanol–water partition coefficient (Wildman–Crippen LogP) is 1.21. The first-order valence-corrected chi connectivity index (χ1v) is 5.73. The van der Waals surface area contributed by atoms with Crippen LogP contribution in [0.5, 0.6) is 0 Å². The van der Waals surface area contributed by atoms with Gasteiger partial charge in [-0.25, -0.2) is 4.98 Å². The van der Waals surface area contributed by atoms with Crippen LogP contribution in [0.3, 0.4) is 0 Å². The summed E-state index contributed by atoms with van der Waals surface area (Å²) in [4.78, 5) is 4.13. The van der Waals surface area contributed by atoms with Crippen molar-refractivity contribution >= 4 is 10.1 Å². The minimum Gasteiger partial charge on any atom is -0.313 e. The van der Waals surface area contributed by atoms with Gasteiger partial charge in [-0.3, -0.25) is 4.55 Å². The van der Waals surface area contributed by atoms with Crippen LogP contribution in [0.15, 0.2) is 0 Å². The molecule has 5 nitrogen and oxygen atoms in total. The molecule has 1 atom stereocenters. The lowest BCUT2D eigenvalue weighted by Crippen LogP contribution is -2.18. The minimum absolute atomic E-state index is 0.588. The van der Waals surface area contributed by atoms with E-state index < -0.39 is 15.5 Å². The second-order valence-electron chi connectivity index (χ2n) is 3.31. The molecule has 0 bridgehead atoms. The van der Waals surface area contributed by atoms with E-state index in [1.54, 1.807) is 20.8 Å². The summed E-state index contributed by atoms with van der Waals surface area (Å²) in [7, 11) is -4.06. The molecule has 0 radical (unpaired) electrons. The normalized spacial score (nSPS) is 14.4. The van der Waals surface area contributed by atoms with Gasteiger partial charge in [-0.2, -0.15) is 8.42 Å². The van der Waals surface area contributed by atoms with Crippen molar-refractivity contribution in [3.8, 4) is 0 Å². The molecule has 14 heavy (non-hydrogen) atoms.